The molecule has 0 amide bonds. The Morgan fingerprint density at radius 3 is 2.77 bits per heavy atom. The van der Waals surface area contributed by atoms with Crippen LogP contribution >= 0.6 is 0 Å². The highest BCUT2D eigenvalue weighted by Gasteiger charge is 2.21. The van der Waals surface area contributed by atoms with Crippen LogP contribution in [-0.2, 0) is 9.53 Å². The van der Waals surface area contributed by atoms with Crippen LogP contribution in [0.15, 0.2) is 0 Å². The van der Waals surface area contributed by atoms with Gasteiger partial charge in [0.1, 0.15) is 12.2 Å². The normalized spacial score (nSPS) is 14.3. The third-order valence-corrected chi connectivity index (χ3v) is 1.38. The number of hydrogen-bond acceptors (Lipinski definition) is 4. The molecule has 2 atom stereocenters. The van der Waals surface area contributed by atoms with Crippen molar-refractivity contribution < 1.29 is 19.7 Å². The summed E-state index contributed by atoms with van der Waals surface area (Å²) in [5.74, 6) is 1.67. The fraction of sp³-hybridized carbons (Fsp3) is 0.556. The van der Waals surface area contributed by atoms with Crippen molar-refractivity contribution in [2.45, 2.75) is 25.6 Å². The second-order valence-electron chi connectivity index (χ2n) is 2.39. The van der Waals surface area contributed by atoms with Gasteiger partial charge in [0.2, 0.25) is 0 Å². The van der Waals surface area contributed by atoms with Gasteiger partial charge in [-0.05, 0) is 0 Å². The van der Waals surface area contributed by atoms with E-state index in [1.807, 2.05) is 0 Å². The van der Waals surface area contributed by atoms with E-state index in [1.54, 1.807) is 6.92 Å². The van der Waals surface area contributed by atoms with Crippen molar-refractivity contribution in [3.05, 3.63) is 6.42 Å². The van der Waals surface area contributed by atoms with Crippen molar-refractivity contribution in [2.75, 3.05) is 6.61 Å². The fourth-order valence-corrected chi connectivity index (χ4v) is 0.657. The van der Waals surface area contributed by atoms with Gasteiger partial charge < -0.3 is 14.9 Å². The summed E-state index contributed by atoms with van der Waals surface area (Å²) in [6.45, 7) is 1.13. The number of aliphatic hydroxyl groups excluding tert-OH is 2. The largest absolute Gasteiger partial charge is 0.458 e. The summed E-state index contributed by atoms with van der Waals surface area (Å²) < 4.78 is 4.75. The smallest absolute Gasteiger partial charge is 0.305 e. The molecule has 0 heterocycles. The SMILES string of the molecule is C#C[CH]C(OC(=O)CC)C(O)CO. The molecule has 1 radical (unpaired) electrons. The average Bonchev–Trinajstić information content (AvgIpc) is 2.15. The van der Waals surface area contributed by atoms with Crippen LogP contribution in [0.2, 0.25) is 0 Å². The van der Waals surface area contributed by atoms with Crippen LogP contribution in [0.3, 0.4) is 0 Å². The van der Waals surface area contributed by atoms with Gasteiger partial charge in [-0.1, -0.05) is 12.8 Å². The van der Waals surface area contributed by atoms with E-state index in [9.17, 15) is 4.79 Å². The molecule has 0 aromatic rings. The Labute approximate surface area is 77.5 Å². The van der Waals surface area contributed by atoms with Crippen LogP contribution in [-0.4, -0.2) is 35.0 Å². The van der Waals surface area contributed by atoms with E-state index in [1.165, 1.54) is 6.42 Å². The molecule has 4 nitrogen and oxygen atoms in total. The fourth-order valence-electron chi connectivity index (χ4n) is 0.657. The van der Waals surface area contributed by atoms with E-state index in [-0.39, 0.29) is 6.42 Å². The minimum absolute atomic E-state index is 0.201. The van der Waals surface area contributed by atoms with E-state index >= 15 is 0 Å². The molecular formula is C9H13O4. The predicted molar refractivity (Wildman–Crippen MR) is 46.4 cm³/mol. The lowest BCUT2D eigenvalue weighted by Crippen LogP contribution is -2.34. The van der Waals surface area contributed by atoms with Gasteiger partial charge in [0.05, 0.1) is 13.0 Å². The second-order valence-corrected chi connectivity index (χ2v) is 2.39. The Hall–Kier alpha value is -1.05. The van der Waals surface area contributed by atoms with E-state index in [4.69, 9.17) is 21.4 Å². The zero-order valence-corrected chi connectivity index (χ0v) is 7.43. The van der Waals surface area contributed by atoms with Crippen LogP contribution in [0.5, 0.6) is 0 Å². The van der Waals surface area contributed by atoms with Crippen LogP contribution in [0.4, 0.5) is 0 Å². The minimum atomic E-state index is -1.16. The van der Waals surface area contributed by atoms with E-state index in [2.05, 4.69) is 5.92 Å². The molecular weight excluding hydrogens is 172 g/mol. The molecule has 2 unspecified atom stereocenters. The quantitative estimate of drug-likeness (QED) is 0.447. The maximum Gasteiger partial charge on any atom is 0.305 e. The third-order valence-electron chi connectivity index (χ3n) is 1.38. The maximum atomic E-state index is 10.8. The highest BCUT2D eigenvalue weighted by atomic mass is 16.6. The van der Waals surface area contributed by atoms with Gasteiger partial charge in [-0.25, -0.2) is 0 Å². The lowest BCUT2D eigenvalue weighted by molar-refractivity contribution is -0.153. The molecule has 13 heavy (non-hydrogen) atoms. The monoisotopic (exact) mass is 185 g/mol. The summed E-state index contributed by atoms with van der Waals surface area (Å²) >= 11 is 0. The molecule has 0 aromatic carbocycles. The Kier molecular flexibility index (Phi) is 5.94. The van der Waals surface area contributed by atoms with E-state index in [0.717, 1.165) is 0 Å². The number of rotatable bonds is 5. The molecule has 0 fully saturated rings. The van der Waals surface area contributed by atoms with Crippen LogP contribution in [0.1, 0.15) is 13.3 Å². The lowest BCUT2D eigenvalue weighted by Gasteiger charge is -2.18. The average molecular weight is 185 g/mol. The summed E-state index contributed by atoms with van der Waals surface area (Å²) in [6, 6.07) is 0. The zero-order valence-electron chi connectivity index (χ0n) is 7.43. The molecule has 4 heteroatoms. The standard InChI is InChI=1S/C9H13O4/c1-3-5-8(7(11)6-10)13-9(12)4-2/h1,5,7-8,10-11H,4,6H2,2H3. The molecule has 0 rings (SSSR count). The van der Waals surface area contributed by atoms with Crippen molar-refractivity contribution in [1.82, 2.24) is 0 Å². The Bertz CT molecular complexity index is 194. The first-order chi connectivity index (χ1) is 6.15. The van der Waals surface area contributed by atoms with Gasteiger partial charge in [-0.3, -0.25) is 4.79 Å². The summed E-state index contributed by atoms with van der Waals surface area (Å²) in [7, 11) is 0. The summed E-state index contributed by atoms with van der Waals surface area (Å²) in [4.78, 5) is 10.8. The molecule has 0 aromatic heterocycles. The number of esters is 1. The van der Waals surface area contributed by atoms with Crippen molar-refractivity contribution in [1.29, 1.82) is 0 Å². The van der Waals surface area contributed by atoms with E-state index < -0.39 is 24.8 Å². The first-order valence-corrected chi connectivity index (χ1v) is 3.93. The topological polar surface area (TPSA) is 66.8 Å². The van der Waals surface area contributed by atoms with Gasteiger partial charge in [-0.2, -0.15) is 0 Å². The van der Waals surface area contributed by atoms with Crippen LogP contribution < -0.4 is 0 Å². The Morgan fingerprint density at radius 1 is 1.77 bits per heavy atom. The van der Waals surface area contributed by atoms with Crippen molar-refractivity contribution in [2.24, 2.45) is 0 Å². The minimum Gasteiger partial charge on any atom is -0.458 e. The Morgan fingerprint density at radius 2 is 2.38 bits per heavy atom. The van der Waals surface area contributed by atoms with Crippen molar-refractivity contribution in [3.63, 3.8) is 0 Å². The zero-order chi connectivity index (χ0) is 10.3. The molecule has 0 saturated heterocycles. The summed E-state index contributed by atoms with van der Waals surface area (Å²) in [5.41, 5.74) is 0. The third kappa shape index (κ3) is 4.51. The van der Waals surface area contributed by atoms with E-state index in [0.29, 0.717) is 0 Å². The van der Waals surface area contributed by atoms with Crippen LogP contribution in [0, 0.1) is 18.8 Å². The van der Waals surface area contributed by atoms with Gasteiger partial charge in [0.15, 0.2) is 0 Å². The van der Waals surface area contributed by atoms with Crippen LogP contribution in [0.25, 0.3) is 0 Å². The molecule has 0 aliphatic heterocycles. The molecule has 0 aliphatic carbocycles. The van der Waals surface area contributed by atoms with Gasteiger partial charge in [0, 0.05) is 6.42 Å². The molecule has 2 N–H and O–H groups in total. The first kappa shape index (κ1) is 11.9. The Balaban J connectivity index is 4.10. The molecule has 0 spiro atoms. The predicted octanol–water partition coefficient (Wildman–Crippen LogP) is -0.501. The van der Waals surface area contributed by atoms with Gasteiger partial charge in [0.25, 0.3) is 0 Å². The first-order valence-electron chi connectivity index (χ1n) is 3.93. The highest BCUT2D eigenvalue weighted by molar-refractivity contribution is 5.69. The molecule has 0 bridgehead atoms. The number of terminal acetylenes is 1. The molecule has 0 saturated carbocycles. The summed E-state index contributed by atoms with van der Waals surface area (Å²) in [5, 5.41) is 17.7. The summed E-state index contributed by atoms with van der Waals surface area (Å²) in [6.07, 6.45) is 4.25. The number of carbonyl (C=O) groups excluding carboxylic acids is 1. The number of carbonyl (C=O) groups is 1. The van der Waals surface area contributed by atoms with Gasteiger partial charge in [-0.15, -0.1) is 6.42 Å². The number of hydrogen-bond donors (Lipinski definition) is 2. The second kappa shape index (κ2) is 6.46. The molecule has 0 aliphatic rings. The maximum absolute atomic E-state index is 10.8. The number of aliphatic hydroxyl groups is 2. The lowest BCUT2D eigenvalue weighted by atomic mass is 10.1. The number of ether oxygens (including phenoxy) is 1. The molecule has 73 valence electrons. The van der Waals surface area contributed by atoms with Gasteiger partial charge >= 0.3 is 5.97 Å². The van der Waals surface area contributed by atoms with Crippen molar-refractivity contribution in [3.8, 4) is 12.3 Å². The highest BCUT2D eigenvalue weighted by Crippen LogP contribution is 2.04. The van der Waals surface area contributed by atoms with Crippen molar-refractivity contribution >= 4 is 5.97 Å².